The summed E-state index contributed by atoms with van der Waals surface area (Å²) >= 11 is 0. The van der Waals surface area contributed by atoms with E-state index in [1.54, 1.807) is 0 Å². The number of carbonyl (C=O) groups excluding carboxylic acids is 1. The molecule has 5 heteroatoms. The number of hydrogen-bond acceptors (Lipinski definition) is 4. The first kappa shape index (κ1) is 17.1. The molecule has 1 aliphatic heterocycles. The molecule has 0 saturated heterocycles. The molecule has 0 spiro atoms. The average Bonchev–Trinajstić information content (AvgIpc) is 2.54. The summed E-state index contributed by atoms with van der Waals surface area (Å²) in [6.45, 7) is 6.93. The van der Waals surface area contributed by atoms with E-state index in [0.717, 1.165) is 17.0 Å². The van der Waals surface area contributed by atoms with Crippen LogP contribution in [0.25, 0.3) is 0 Å². The number of hydrogen-bond donors (Lipinski definition) is 2. The average molecular weight is 339 g/mol. The third-order valence-electron chi connectivity index (χ3n) is 4.29. The van der Waals surface area contributed by atoms with E-state index in [-0.39, 0.29) is 24.1 Å². The van der Waals surface area contributed by atoms with Crippen LogP contribution in [0.1, 0.15) is 32.4 Å². The van der Waals surface area contributed by atoms with Crippen LogP contribution in [0, 0.1) is 0 Å². The van der Waals surface area contributed by atoms with Gasteiger partial charge in [-0.1, -0.05) is 30.3 Å². The first-order valence-corrected chi connectivity index (χ1v) is 8.52. The zero-order valence-corrected chi connectivity index (χ0v) is 15.0. The normalized spacial score (nSPS) is 16.5. The van der Waals surface area contributed by atoms with Crippen molar-refractivity contribution in [1.29, 1.82) is 0 Å². The van der Waals surface area contributed by atoms with Gasteiger partial charge in [0.25, 0.3) is 0 Å². The summed E-state index contributed by atoms with van der Waals surface area (Å²) < 4.78 is 6.01. The standard InChI is InChI=1S/C20H25N3O2/c1-14(15-7-5-4-6-8-15)22-19(24)12-23-13-20(2,3)25-18-11-16(21)9-10-17(18)23/h4-11,14H,12-13,21H2,1-3H3,(H,22,24). The zero-order valence-electron chi connectivity index (χ0n) is 15.0. The summed E-state index contributed by atoms with van der Waals surface area (Å²) in [5.41, 5.74) is 8.13. The van der Waals surface area contributed by atoms with Crippen LogP contribution in [0.3, 0.4) is 0 Å². The number of nitrogens with zero attached hydrogens (tertiary/aromatic N) is 1. The Morgan fingerprint density at radius 2 is 2.00 bits per heavy atom. The highest BCUT2D eigenvalue weighted by Crippen LogP contribution is 2.38. The predicted molar refractivity (Wildman–Crippen MR) is 101 cm³/mol. The second kappa shape index (κ2) is 6.67. The smallest absolute Gasteiger partial charge is 0.239 e. The Labute approximate surface area is 148 Å². The van der Waals surface area contributed by atoms with Gasteiger partial charge in [0.1, 0.15) is 11.4 Å². The van der Waals surface area contributed by atoms with Gasteiger partial charge in [0.05, 0.1) is 24.8 Å². The summed E-state index contributed by atoms with van der Waals surface area (Å²) in [5.74, 6) is 0.706. The van der Waals surface area contributed by atoms with Crippen molar-refractivity contribution in [2.45, 2.75) is 32.4 Å². The minimum atomic E-state index is -0.383. The molecule has 1 aliphatic rings. The Kier molecular flexibility index (Phi) is 4.57. The molecule has 3 rings (SSSR count). The van der Waals surface area contributed by atoms with Crippen molar-refractivity contribution in [2.75, 3.05) is 23.7 Å². The molecule has 0 radical (unpaired) electrons. The molecule has 2 aromatic rings. The SMILES string of the molecule is CC(NC(=O)CN1CC(C)(C)Oc2cc(N)ccc21)c1ccccc1. The van der Waals surface area contributed by atoms with Gasteiger partial charge in [-0.25, -0.2) is 0 Å². The van der Waals surface area contributed by atoms with Gasteiger partial charge < -0.3 is 20.7 Å². The number of ether oxygens (including phenoxy) is 1. The van der Waals surface area contributed by atoms with E-state index < -0.39 is 0 Å². The van der Waals surface area contributed by atoms with Crippen molar-refractivity contribution in [3.63, 3.8) is 0 Å². The minimum absolute atomic E-state index is 0.0168. The summed E-state index contributed by atoms with van der Waals surface area (Å²) in [7, 11) is 0. The quantitative estimate of drug-likeness (QED) is 0.840. The number of carbonyl (C=O) groups is 1. The van der Waals surface area contributed by atoms with E-state index in [2.05, 4.69) is 5.32 Å². The van der Waals surface area contributed by atoms with Crippen LogP contribution < -0.4 is 20.7 Å². The fourth-order valence-electron chi connectivity index (χ4n) is 3.18. The number of amides is 1. The fraction of sp³-hybridized carbons (Fsp3) is 0.350. The maximum atomic E-state index is 12.6. The van der Waals surface area contributed by atoms with Gasteiger partial charge in [0.2, 0.25) is 5.91 Å². The summed E-state index contributed by atoms with van der Waals surface area (Å²) in [6, 6.07) is 15.5. The Balaban J connectivity index is 1.73. The van der Waals surface area contributed by atoms with Crippen LogP contribution >= 0.6 is 0 Å². The second-order valence-corrected chi connectivity index (χ2v) is 7.14. The highest BCUT2D eigenvalue weighted by atomic mass is 16.5. The molecule has 132 valence electrons. The van der Waals surface area contributed by atoms with E-state index in [9.17, 15) is 4.79 Å². The molecule has 5 nitrogen and oxygen atoms in total. The molecule has 1 amide bonds. The van der Waals surface area contributed by atoms with Crippen LogP contribution in [0.2, 0.25) is 0 Å². The molecule has 25 heavy (non-hydrogen) atoms. The van der Waals surface area contributed by atoms with Gasteiger partial charge in [0.15, 0.2) is 0 Å². The molecular weight excluding hydrogens is 314 g/mol. The Morgan fingerprint density at radius 1 is 1.28 bits per heavy atom. The third kappa shape index (κ3) is 4.05. The molecule has 0 aromatic heterocycles. The van der Waals surface area contributed by atoms with E-state index in [1.807, 2.05) is 74.2 Å². The van der Waals surface area contributed by atoms with Crippen LogP contribution in [0.4, 0.5) is 11.4 Å². The fourth-order valence-corrected chi connectivity index (χ4v) is 3.18. The number of nitrogen functional groups attached to an aromatic ring is 1. The summed E-state index contributed by atoms with van der Waals surface area (Å²) in [4.78, 5) is 14.6. The Hall–Kier alpha value is -2.69. The first-order valence-electron chi connectivity index (χ1n) is 8.52. The van der Waals surface area contributed by atoms with E-state index in [4.69, 9.17) is 10.5 Å². The zero-order chi connectivity index (χ0) is 18.0. The molecule has 0 aliphatic carbocycles. The largest absolute Gasteiger partial charge is 0.484 e. The molecule has 0 fully saturated rings. The van der Waals surface area contributed by atoms with E-state index in [0.29, 0.717) is 12.2 Å². The summed E-state index contributed by atoms with van der Waals surface area (Å²) in [5, 5.41) is 3.07. The number of benzene rings is 2. The van der Waals surface area contributed by atoms with E-state index >= 15 is 0 Å². The van der Waals surface area contributed by atoms with Crippen LogP contribution in [-0.4, -0.2) is 24.6 Å². The second-order valence-electron chi connectivity index (χ2n) is 7.14. The first-order chi connectivity index (χ1) is 11.8. The maximum absolute atomic E-state index is 12.6. The van der Waals surface area contributed by atoms with Crippen LogP contribution in [0.5, 0.6) is 5.75 Å². The number of nitrogens with two attached hydrogens (primary N) is 1. The van der Waals surface area contributed by atoms with Gasteiger partial charge >= 0.3 is 0 Å². The number of fused-ring (bicyclic) bond motifs is 1. The molecule has 1 atom stereocenters. The molecule has 0 bridgehead atoms. The lowest BCUT2D eigenvalue weighted by Crippen LogP contribution is -2.50. The lowest BCUT2D eigenvalue weighted by atomic mass is 10.0. The Morgan fingerprint density at radius 3 is 2.72 bits per heavy atom. The van der Waals surface area contributed by atoms with E-state index in [1.165, 1.54) is 0 Å². The molecule has 1 unspecified atom stereocenters. The molecular formula is C20H25N3O2. The van der Waals surface area contributed by atoms with Crippen LogP contribution in [0.15, 0.2) is 48.5 Å². The van der Waals surface area contributed by atoms with Gasteiger partial charge in [-0.3, -0.25) is 4.79 Å². The van der Waals surface area contributed by atoms with Crippen molar-refractivity contribution in [2.24, 2.45) is 0 Å². The predicted octanol–water partition coefficient (Wildman–Crippen LogP) is 3.12. The number of nitrogens with one attached hydrogen (secondary N) is 1. The van der Waals surface area contributed by atoms with Crippen LogP contribution in [-0.2, 0) is 4.79 Å². The Bertz CT molecular complexity index is 759. The molecule has 1 heterocycles. The third-order valence-corrected chi connectivity index (χ3v) is 4.29. The minimum Gasteiger partial charge on any atom is -0.484 e. The topological polar surface area (TPSA) is 67.6 Å². The lowest BCUT2D eigenvalue weighted by molar-refractivity contribution is -0.120. The monoisotopic (exact) mass is 339 g/mol. The number of rotatable bonds is 4. The molecule has 2 aromatic carbocycles. The highest BCUT2D eigenvalue weighted by molar-refractivity contribution is 5.83. The van der Waals surface area contributed by atoms with Gasteiger partial charge in [-0.15, -0.1) is 0 Å². The van der Waals surface area contributed by atoms with Gasteiger partial charge in [-0.05, 0) is 38.5 Å². The molecule has 0 saturated carbocycles. The highest BCUT2D eigenvalue weighted by Gasteiger charge is 2.32. The van der Waals surface area contributed by atoms with Crippen molar-refractivity contribution < 1.29 is 9.53 Å². The summed E-state index contributed by atoms with van der Waals surface area (Å²) in [6.07, 6.45) is 0. The van der Waals surface area contributed by atoms with Crippen molar-refractivity contribution in [1.82, 2.24) is 5.32 Å². The van der Waals surface area contributed by atoms with Crippen molar-refractivity contribution >= 4 is 17.3 Å². The van der Waals surface area contributed by atoms with Crippen molar-refractivity contribution in [3.05, 3.63) is 54.1 Å². The maximum Gasteiger partial charge on any atom is 0.239 e. The molecule has 3 N–H and O–H groups in total. The lowest BCUT2D eigenvalue weighted by Gasteiger charge is -2.40. The van der Waals surface area contributed by atoms with Crippen molar-refractivity contribution in [3.8, 4) is 5.75 Å². The van der Waals surface area contributed by atoms with Gasteiger partial charge in [0, 0.05) is 11.8 Å². The van der Waals surface area contributed by atoms with Gasteiger partial charge in [-0.2, -0.15) is 0 Å². The number of anilines is 2.